The van der Waals surface area contributed by atoms with Gasteiger partial charge in [0, 0.05) is 18.5 Å². The van der Waals surface area contributed by atoms with Crippen molar-refractivity contribution in [1.82, 2.24) is 5.32 Å². The van der Waals surface area contributed by atoms with E-state index < -0.39 is 23.8 Å². The molecule has 4 aliphatic carbocycles. The minimum Gasteiger partial charge on any atom is -0.390 e. The quantitative estimate of drug-likeness (QED) is 0.567. The van der Waals surface area contributed by atoms with Gasteiger partial charge in [0.15, 0.2) is 11.6 Å². The molecule has 2 fully saturated rings. The summed E-state index contributed by atoms with van der Waals surface area (Å²) in [5.74, 6) is -1.08. The fourth-order valence-electron chi connectivity index (χ4n) is 7.86. The van der Waals surface area contributed by atoms with Gasteiger partial charge in [-0.25, -0.2) is 8.78 Å². The highest BCUT2D eigenvalue weighted by Crippen LogP contribution is 2.63. The zero-order chi connectivity index (χ0) is 22.8. The second-order valence-corrected chi connectivity index (χ2v) is 11.8. The standard InChI is InChI=1S/C27H37F2NO2/c1-26(2)10-9-17-18(26)5-6-19-23(17)25(32)24(31)20-13-16(8-11-27(19,20)3)30-14-15-4-7-21(28)22(29)12-15/h4,7,12,16,19-20,23-25,30-32H,5-6,8-11,13-14H2,1-3H3. The minimum atomic E-state index is -0.826. The van der Waals surface area contributed by atoms with Gasteiger partial charge in [0.25, 0.3) is 0 Å². The first-order chi connectivity index (χ1) is 15.1. The van der Waals surface area contributed by atoms with Crippen molar-refractivity contribution in [3.05, 3.63) is 46.5 Å². The Kier molecular flexibility index (Phi) is 5.54. The Labute approximate surface area is 190 Å². The van der Waals surface area contributed by atoms with Crippen molar-refractivity contribution >= 4 is 0 Å². The Bertz CT molecular complexity index is 928. The molecule has 3 N–H and O–H groups in total. The van der Waals surface area contributed by atoms with Crippen LogP contribution in [0.4, 0.5) is 8.78 Å². The summed E-state index contributed by atoms with van der Waals surface area (Å²) >= 11 is 0. The number of fused-ring (bicyclic) bond motifs is 4. The van der Waals surface area contributed by atoms with Gasteiger partial charge in [-0.1, -0.05) is 38.0 Å². The van der Waals surface area contributed by atoms with E-state index in [1.807, 2.05) is 0 Å². The van der Waals surface area contributed by atoms with Crippen molar-refractivity contribution < 1.29 is 19.0 Å². The van der Waals surface area contributed by atoms with Gasteiger partial charge >= 0.3 is 0 Å². The van der Waals surface area contributed by atoms with Crippen LogP contribution < -0.4 is 5.32 Å². The van der Waals surface area contributed by atoms with Crippen LogP contribution in [0.2, 0.25) is 0 Å². The first kappa shape index (κ1) is 22.5. The molecule has 0 bridgehead atoms. The van der Waals surface area contributed by atoms with Crippen LogP contribution in [0.1, 0.15) is 71.3 Å². The van der Waals surface area contributed by atoms with Gasteiger partial charge in [-0.05, 0) is 85.3 Å². The Morgan fingerprint density at radius 2 is 1.75 bits per heavy atom. The third kappa shape index (κ3) is 3.47. The first-order valence-corrected chi connectivity index (χ1v) is 12.4. The SMILES string of the molecule is CC1(C)CCC2=C1CCC1C2C(O)C(O)C2CC(NCc3ccc(F)c(F)c3)CCC21C. The highest BCUT2D eigenvalue weighted by Gasteiger charge is 2.60. The molecule has 0 aromatic heterocycles. The molecule has 0 saturated heterocycles. The summed E-state index contributed by atoms with van der Waals surface area (Å²) < 4.78 is 26.8. The number of rotatable bonds is 3. The number of hydrogen-bond donors (Lipinski definition) is 3. The summed E-state index contributed by atoms with van der Waals surface area (Å²) in [6.07, 6.45) is 5.87. The van der Waals surface area contributed by atoms with Crippen LogP contribution in [0.3, 0.4) is 0 Å². The topological polar surface area (TPSA) is 52.5 Å². The average molecular weight is 446 g/mol. The van der Waals surface area contributed by atoms with Crippen molar-refractivity contribution in [3.63, 3.8) is 0 Å². The Balaban J connectivity index is 1.33. The van der Waals surface area contributed by atoms with Crippen LogP contribution in [0.5, 0.6) is 0 Å². The predicted molar refractivity (Wildman–Crippen MR) is 121 cm³/mol. The molecule has 1 aromatic carbocycles. The Hall–Kier alpha value is -1.30. The molecule has 0 aliphatic heterocycles. The minimum absolute atomic E-state index is 0.0226. The molecule has 0 heterocycles. The summed E-state index contributed by atoms with van der Waals surface area (Å²) in [4.78, 5) is 0. The third-order valence-electron chi connectivity index (χ3n) is 9.74. The van der Waals surface area contributed by atoms with Crippen LogP contribution in [-0.2, 0) is 6.54 Å². The van der Waals surface area contributed by atoms with Gasteiger partial charge < -0.3 is 15.5 Å². The lowest BCUT2D eigenvalue weighted by Gasteiger charge is -2.60. The van der Waals surface area contributed by atoms with Crippen LogP contribution in [0, 0.1) is 40.2 Å². The molecule has 4 aliphatic rings. The van der Waals surface area contributed by atoms with E-state index in [1.165, 1.54) is 17.7 Å². The normalized spacial score (nSPS) is 40.6. The molecule has 7 atom stereocenters. The fourth-order valence-corrected chi connectivity index (χ4v) is 7.86. The molecule has 5 rings (SSSR count). The molecule has 2 saturated carbocycles. The molecular formula is C27H37F2NO2. The lowest BCUT2D eigenvalue weighted by Crippen LogP contribution is -2.61. The van der Waals surface area contributed by atoms with E-state index >= 15 is 0 Å². The monoisotopic (exact) mass is 445 g/mol. The summed E-state index contributed by atoms with van der Waals surface area (Å²) in [5, 5.41) is 26.1. The largest absolute Gasteiger partial charge is 0.390 e. The van der Waals surface area contributed by atoms with Gasteiger partial charge in [-0.15, -0.1) is 0 Å². The molecule has 3 nitrogen and oxygen atoms in total. The average Bonchev–Trinajstić information content (AvgIpc) is 3.08. The van der Waals surface area contributed by atoms with Gasteiger partial charge in [-0.2, -0.15) is 0 Å². The van der Waals surface area contributed by atoms with Crippen molar-refractivity contribution in [2.24, 2.45) is 28.6 Å². The van der Waals surface area contributed by atoms with Crippen LogP contribution in [0.25, 0.3) is 0 Å². The number of nitrogens with one attached hydrogen (secondary N) is 1. The smallest absolute Gasteiger partial charge is 0.159 e. The van der Waals surface area contributed by atoms with Crippen LogP contribution in [0.15, 0.2) is 29.3 Å². The summed E-state index contributed by atoms with van der Waals surface area (Å²) in [7, 11) is 0. The zero-order valence-corrected chi connectivity index (χ0v) is 19.5. The second-order valence-electron chi connectivity index (χ2n) is 11.8. The number of aliphatic hydroxyl groups is 2. The number of aliphatic hydroxyl groups excluding tert-OH is 2. The predicted octanol–water partition coefficient (Wildman–Crippen LogP) is 5.11. The van der Waals surface area contributed by atoms with E-state index in [1.54, 1.807) is 11.6 Å². The summed E-state index contributed by atoms with van der Waals surface area (Å²) in [6, 6.07) is 4.22. The van der Waals surface area contributed by atoms with E-state index in [4.69, 9.17) is 0 Å². The van der Waals surface area contributed by atoms with E-state index in [0.29, 0.717) is 12.5 Å². The third-order valence-corrected chi connectivity index (χ3v) is 9.74. The van der Waals surface area contributed by atoms with Crippen molar-refractivity contribution in [3.8, 4) is 0 Å². The van der Waals surface area contributed by atoms with Crippen LogP contribution >= 0.6 is 0 Å². The van der Waals surface area contributed by atoms with Crippen molar-refractivity contribution in [2.75, 3.05) is 0 Å². The lowest BCUT2D eigenvalue weighted by molar-refractivity contribution is -0.174. The highest BCUT2D eigenvalue weighted by atomic mass is 19.2. The second kappa shape index (κ2) is 7.89. The molecule has 1 aromatic rings. The van der Waals surface area contributed by atoms with E-state index in [0.717, 1.165) is 50.5 Å². The molecule has 176 valence electrons. The maximum Gasteiger partial charge on any atom is 0.159 e. The molecular weight excluding hydrogens is 408 g/mol. The zero-order valence-electron chi connectivity index (χ0n) is 19.5. The number of hydrogen-bond acceptors (Lipinski definition) is 3. The Morgan fingerprint density at radius 1 is 0.969 bits per heavy atom. The lowest BCUT2D eigenvalue weighted by atomic mass is 9.47. The van der Waals surface area contributed by atoms with E-state index in [2.05, 4.69) is 26.1 Å². The molecule has 32 heavy (non-hydrogen) atoms. The van der Waals surface area contributed by atoms with Gasteiger partial charge in [0.1, 0.15) is 0 Å². The van der Waals surface area contributed by atoms with Gasteiger partial charge in [0.2, 0.25) is 0 Å². The van der Waals surface area contributed by atoms with Crippen molar-refractivity contribution in [1.29, 1.82) is 0 Å². The maximum atomic E-state index is 13.5. The van der Waals surface area contributed by atoms with Gasteiger partial charge in [0.05, 0.1) is 12.2 Å². The fraction of sp³-hybridized carbons (Fsp3) is 0.704. The number of allylic oxidation sites excluding steroid dienone is 1. The number of benzene rings is 1. The summed E-state index contributed by atoms with van der Waals surface area (Å²) in [5.41, 5.74) is 3.97. The molecule has 5 heteroatoms. The molecule has 7 unspecified atom stereocenters. The molecule has 0 radical (unpaired) electrons. The van der Waals surface area contributed by atoms with E-state index in [9.17, 15) is 19.0 Å². The van der Waals surface area contributed by atoms with Gasteiger partial charge in [-0.3, -0.25) is 0 Å². The van der Waals surface area contributed by atoms with Crippen molar-refractivity contribution in [2.45, 2.75) is 90.5 Å². The molecule has 0 amide bonds. The maximum absolute atomic E-state index is 13.5. The molecule has 0 spiro atoms. The van der Waals surface area contributed by atoms with E-state index in [-0.39, 0.29) is 28.7 Å². The summed E-state index contributed by atoms with van der Waals surface area (Å²) in [6.45, 7) is 7.48. The number of halogens is 2. The first-order valence-electron chi connectivity index (χ1n) is 12.4. The highest BCUT2D eigenvalue weighted by molar-refractivity contribution is 5.34. The van der Waals surface area contributed by atoms with Crippen LogP contribution in [-0.4, -0.2) is 28.5 Å². The Morgan fingerprint density at radius 3 is 2.50 bits per heavy atom.